The first-order chi connectivity index (χ1) is 7.63. The number of rotatable bonds is 6. The summed E-state index contributed by atoms with van der Waals surface area (Å²) in [5.74, 6) is 2.28. The minimum Gasteiger partial charge on any atom is -0.226 e. The summed E-state index contributed by atoms with van der Waals surface area (Å²) in [4.78, 5) is 8.72. The van der Waals surface area contributed by atoms with Gasteiger partial charge in [0.05, 0.1) is 0 Å². The maximum Gasteiger partial charge on any atom is 0.133 e. The van der Waals surface area contributed by atoms with Crippen LogP contribution in [0.25, 0.3) is 0 Å². The highest BCUT2D eigenvalue weighted by molar-refractivity contribution is 7.99. The predicted molar refractivity (Wildman–Crippen MR) is 71.4 cm³/mol. The molecule has 1 aromatic heterocycles. The molecule has 0 aliphatic rings. The van der Waals surface area contributed by atoms with E-state index in [2.05, 4.69) is 30.7 Å². The minimum absolute atomic E-state index is 0.327. The first-order valence-corrected chi connectivity index (χ1v) is 7.17. The van der Waals surface area contributed by atoms with Crippen LogP contribution in [0.2, 0.25) is 5.15 Å². The lowest BCUT2D eigenvalue weighted by Gasteiger charge is -2.06. The zero-order valence-electron chi connectivity index (χ0n) is 10.2. The number of aromatic nitrogens is 2. The third-order valence-corrected chi connectivity index (χ3v) is 3.39. The zero-order valence-corrected chi connectivity index (χ0v) is 11.7. The summed E-state index contributed by atoms with van der Waals surface area (Å²) in [5.41, 5.74) is 0. The van der Waals surface area contributed by atoms with Crippen LogP contribution in [-0.2, 0) is 0 Å². The standard InChI is InChI=1S/C12H19ClN2S/c1-4-5-6-7-16-11-8-10(13)14-12(15-11)9(2)3/h8-9H,4-7H2,1-3H3. The Morgan fingerprint density at radius 2 is 2.06 bits per heavy atom. The third kappa shape index (κ3) is 4.71. The van der Waals surface area contributed by atoms with Gasteiger partial charge in [-0.2, -0.15) is 0 Å². The maximum atomic E-state index is 5.97. The van der Waals surface area contributed by atoms with Crippen LogP contribution in [0.4, 0.5) is 0 Å². The van der Waals surface area contributed by atoms with Gasteiger partial charge in [0.15, 0.2) is 0 Å². The van der Waals surface area contributed by atoms with Crippen molar-refractivity contribution in [1.82, 2.24) is 9.97 Å². The lowest BCUT2D eigenvalue weighted by atomic mass is 10.2. The van der Waals surface area contributed by atoms with Crippen LogP contribution in [0.3, 0.4) is 0 Å². The van der Waals surface area contributed by atoms with Gasteiger partial charge in [-0.3, -0.25) is 0 Å². The van der Waals surface area contributed by atoms with E-state index in [0.29, 0.717) is 11.1 Å². The van der Waals surface area contributed by atoms with Crippen LogP contribution in [-0.4, -0.2) is 15.7 Å². The average Bonchev–Trinajstić information content (AvgIpc) is 2.23. The predicted octanol–water partition coefficient (Wildman–Crippen LogP) is 4.54. The SMILES string of the molecule is CCCCCSc1cc(Cl)nc(C(C)C)n1. The Kier molecular flexibility index (Phi) is 6.14. The van der Waals surface area contributed by atoms with E-state index in [0.717, 1.165) is 16.6 Å². The molecule has 1 heterocycles. The molecule has 0 aliphatic carbocycles. The second kappa shape index (κ2) is 7.13. The van der Waals surface area contributed by atoms with E-state index in [4.69, 9.17) is 11.6 Å². The van der Waals surface area contributed by atoms with Gasteiger partial charge in [0, 0.05) is 12.0 Å². The molecular weight excluding hydrogens is 240 g/mol. The monoisotopic (exact) mass is 258 g/mol. The van der Waals surface area contributed by atoms with Crippen molar-refractivity contribution in [2.45, 2.75) is 51.0 Å². The molecular formula is C12H19ClN2S. The van der Waals surface area contributed by atoms with Crippen molar-refractivity contribution in [2.75, 3.05) is 5.75 Å². The number of nitrogens with zero attached hydrogens (tertiary/aromatic N) is 2. The number of unbranched alkanes of at least 4 members (excludes halogenated alkanes) is 2. The van der Waals surface area contributed by atoms with Gasteiger partial charge in [0.1, 0.15) is 16.0 Å². The van der Waals surface area contributed by atoms with Gasteiger partial charge in [0.2, 0.25) is 0 Å². The van der Waals surface area contributed by atoms with Gasteiger partial charge in [-0.1, -0.05) is 45.2 Å². The van der Waals surface area contributed by atoms with Crippen molar-refractivity contribution < 1.29 is 0 Å². The van der Waals surface area contributed by atoms with Crippen LogP contribution in [0.1, 0.15) is 51.8 Å². The van der Waals surface area contributed by atoms with E-state index < -0.39 is 0 Å². The average molecular weight is 259 g/mol. The van der Waals surface area contributed by atoms with Gasteiger partial charge in [0.25, 0.3) is 0 Å². The third-order valence-electron chi connectivity index (χ3n) is 2.20. The van der Waals surface area contributed by atoms with Crippen molar-refractivity contribution in [2.24, 2.45) is 0 Å². The minimum atomic E-state index is 0.327. The highest BCUT2D eigenvalue weighted by Gasteiger charge is 2.07. The Morgan fingerprint density at radius 3 is 2.69 bits per heavy atom. The van der Waals surface area contributed by atoms with E-state index in [9.17, 15) is 0 Å². The van der Waals surface area contributed by atoms with E-state index in [1.807, 2.05) is 6.07 Å². The molecule has 0 aromatic carbocycles. The van der Waals surface area contributed by atoms with Gasteiger partial charge >= 0.3 is 0 Å². The Morgan fingerprint density at radius 1 is 1.31 bits per heavy atom. The molecule has 0 saturated carbocycles. The summed E-state index contributed by atoms with van der Waals surface area (Å²) in [7, 11) is 0. The summed E-state index contributed by atoms with van der Waals surface area (Å²) in [6, 6.07) is 1.85. The summed E-state index contributed by atoms with van der Waals surface area (Å²) in [5, 5.41) is 1.55. The van der Waals surface area contributed by atoms with Crippen LogP contribution in [0, 0.1) is 0 Å². The molecule has 0 fully saturated rings. The summed E-state index contributed by atoms with van der Waals surface area (Å²) in [6.07, 6.45) is 3.77. The molecule has 2 nitrogen and oxygen atoms in total. The van der Waals surface area contributed by atoms with E-state index in [-0.39, 0.29) is 0 Å². The van der Waals surface area contributed by atoms with Crippen LogP contribution in [0.15, 0.2) is 11.1 Å². The van der Waals surface area contributed by atoms with Crippen LogP contribution in [0.5, 0.6) is 0 Å². The van der Waals surface area contributed by atoms with Crippen LogP contribution >= 0.6 is 23.4 Å². The summed E-state index contributed by atoms with van der Waals surface area (Å²) in [6.45, 7) is 6.37. The van der Waals surface area contributed by atoms with Crippen molar-refractivity contribution in [1.29, 1.82) is 0 Å². The lowest BCUT2D eigenvalue weighted by molar-refractivity contribution is 0.751. The molecule has 0 spiro atoms. The molecule has 0 amide bonds. The first kappa shape index (κ1) is 13.8. The smallest absolute Gasteiger partial charge is 0.133 e. The highest BCUT2D eigenvalue weighted by atomic mass is 35.5. The quantitative estimate of drug-likeness (QED) is 0.426. The van der Waals surface area contributed by atoms with E-state index in [1.54, 1.807) is 11.8 Å². The van der Waals surface area contributed by atoms with Gasteiger partial charge < -0.3 is 0 Å². The molecule has 4 heteroatoms. The van der Waals surface area contributed by atoms with E-state index in [1.165, 1.54) is 19.3 Å². The van der Waals surface area contributed by atoms with Gasteiger partial charge in [-0.25, -0.2) is 9.97 Å². The van der Waals surface area contributed by atoms with Crippen molar-refractivity contribution in [3.8, 4) is 0 Å². The summed E-state index contributed by atoms with van der Waals surface area (Å²) < 4.78 is 0. The number of hydrogen-bond donors (Lipinski definition) is 0. The van der Waals surface area contributed by atoms with Gasteiger partial charge in [-0.05, 0) is 12.2 Å². The van der Waals surface area contributed by atoms with E-state index >= 15 is 0 Å². The fraction of sp³-hybridized carbons (Fsp3) is 0.667. The molecule has 0 N–H and O–H groups in total. The number of thioether (sulfide) groups is 1. The molecule has 0 radical (unpaired) electrons. The largest absolute Gasteiger partial charge is 0.226 e. The van der Waals surface area contributed by atoms with Crippen molar-refractivity contribution >= 4 is 23.4 Å². The van der Waals surface area contributed by atoms with Crippen molar-refractivity contribution in [3.05, 3.63) is 17.0 Å². The Balaban J connectivity index is 2.58. The lowest BCUT2D eigenvalue weighted by Crippen LogP contribution is -1.99. The Hall–Kier alpha value is -0.280. The molecule has 0 bridgehead atoms. The molecule has 0 aliphatic heterocycles. The maximum absolute atomic E-state index is 5.97. The molecule has 0 atom stereocenters. The van der Waals surface area contributed by atoms with Crippen LogP contribution < -0.4 is 0 Å². The number of hydrogen-bond acceptors (Lipinski definition) is 3. The number of halogens is 1. The summed E-state index contributed by atoms with van der Waals surface area (Å²) >= 11 is 7.74. The Bertz CT molecular complexity index is 329. The molecule has 0 saturated heterocycles. The second-order valence-corrected chi connectivity index (χ2v) is 5.60. The first-order valence-electron chi connectivity index (χ1n) is 5.80. The molecule has 16 heavy (non-hydrogen) atoms. The molecule has 0 unspecified atom stereocenters. The topological polar surface area (TPSA) is 25.8 Å². The fourth-order valence-corrected chi connectivity index (χ4v) is 2.44. The zero-order chi connectivity index (χ0) is 12.0. The van der Waals surface area contributed by atoms with Crippen molar-refractivity contribution in [3.63, 3.8) is 0 Å². The molecule has 90 valence electrons. The normalized spacial score (nSPS) is 11.1. The molecule has 1 aromatic rings. The Labute approximate surface area is 107 Å². The fourth-order valence-electron chi connectivity index (χ4n) is 1.27. The van der Waals surface area contributed by atoms with Gasteiger partial charge in [-0.15, -0.1) is 11.8 Å². The highest BCUT2D eigenvalue weighted by Crippen LogP contribution is 2.22. The molecule has 1 rings (SSSR count). The second-order valence-electron chi connectivity index (χ2n) is 4.10.